The molecule has 0 spiro atoms. The molecule has 0 aliphatic rings. The van der Waals surface area contributed by atoms with Crippen molar-refractivity contribution in [3.8, 4) is 11.8 Å². The highest BCUT2D eigenvalue weighted by atomic mass is 14.1. The summed E-state index contributed by atoms with van der Waals surface area (Å²) in [5.41, 5.74) is 0. The quantitative estimate of drug-likeness (QED) is 0.184. The molecule has 0 amide bonds. The van der Waals surface area contributed by atoms with Crippen LogP contribution in [0.5, 0.6) is 0 Å². The molecule has 1 atom stereocenters. The van der Waals surface area contributed by atoms with Crippen LogP contribution in [0.3, 0.4) is 0 Å². The van der Waals surface area contributed by atoms with E-state index in [1.165, 1.54) is 103 Å². The molecule has 0 aliphatic carbocycles. The fourth-order valence-corrected chi connectivity index (χ4v) is 3.41. The van der Waals surface area contributed by atoms with Crippen molar-refractivity contribution in [2.24, 2.45) is 5.92 Å². The standard InChI is InChI=1S/C24H46/c1-4-7-9-11-12-13-14-15-16-17-18-19-21-23-24(6-3)22-20-10-8-5-2/h24H,4-15,18-23H2,1-3H3. The maximum atomic E-state index is 3.40. The molecule has 0 saturated carbocycles. The van der Waals surface area contributed by atoms with Crippen LogP contribution in [0, 0.1) is 17.8 Å². The van der Waals surface area contributed by atoms with Crippen molar-refractivity contribution in [1.82, 2.24) is 0 Å². The molecule has 0 saturated heterocycles. The van der Waals surface area contributed by atoms with Crippen molar-refractivity contribution in [3.63, 3.8) is 0 Å². The summed E-state index contributed by atoms with van der Waals surface area (Å²) >= 11 is 0. The number of hydrogen-bond acceptors (Lipinski definition) is 0. The van der Waals surface area contributed by atoms with Crippen LogP contribution in [-0.4, -0.2) is 0 Å². The molecule has 0 bridgehead atoms. The summed E-state index contributed by atoms with van der Waals surface area (Å²) in [4.78, 5) is 0. The van der Waals surface area contributed by atoms with Crippen LogP contribution >= 0.6 is 0 Å². The first-order valence-electron chi connectivity index (χ1n) is 11.3. The minimum absolute atomic E-state index is 0.975. The minimum Gasteiger partial charge on any atom is -0.103 e. The topological polar surface area (TPSA) is 0 Å². The van der Waals surface area contributed by atoms with Crippen molar-refractivity contribution >= 4 is 0 Å². The van der Waals surface area contributed by atoms with Gasteiger partial charge in [0.05, 0.1) is 0 Å². The van der Waals surface area contributed by atoms with E-state index in [4.69, 9.17) is 0 Å². The number of hydrogen-bond donors (Lipinski definition) is 0. The predicted molar refractivity (Wildman–Crippen MR) is 111 cm³/mol. The van der Waals surface area contributed by atoms with E-state index in [-0.39, 0.29) is 0 Å². The van der Waals surface area contributed by atoms with Gasteiger partial charge in [-0.25, -0.2) is 0 Å². The van der Waals surface area contributed by atoms with Crippen LogP contribution in [0.15, 0.2) is 0 Å². The summed E-state index contributed by atoms with van der Waals surface area (Å²) in [6, 6.07) is 0. The average molecular weight is 335 g/mol. The van der Waals surface area contributed by atoms with Crippen LogP contribution in [0.1, 0.15) is 136 Å². The molecule has 0 nitrogen and oxygen atoms in total. The molecule has 0 aromatic heterocycles. The second-order valence-corrected chi connectivity index (χ2v) is 7.59. The van der Waals surface area contributed by atoms with Crippen LogP contribution in [0.4, 0.5) is 0 Å². The molecule has 0 aromatic rings. The maximum absolute atomic E-state index is 3.40. The highest BCUT2D eigenvalue weighted by molar-refractivity contribution is 4.98. The molecule has 0 fully saturated rings. The van der Waals surface area contributed by atoms with Gasteiger partial charge in [-0.3, -0.25) is 0 Å². The van der Waals surface area contributed by atoms with Crippen molar-refractivity contribution in [2.45, 2.75) is 136 Å². The van der Waals surface area contributed by atoms with E-state index in [2.05, 4.69) is 32.6 Å². The van der Waals surface area contributed by atoms with Crippen molar-refractivity contribution in [1.29, 1.82) is 0 Å². The van der Waals surface area contributed by atoms with E-state index in [0.29, 0.717) is 0 Å². The summed E-state index contributed by atoms with van der Waals surface area (Å²) in [6.45, 7) is 6.95. The lowest BCUT2D eigenvalue weighted by Gasteiger charge is -2.13. The molecular formula is C24H46. The third-order valence-electron chi connectivity index (χ3n) is 5.24. The molecule has 142 valence electrons. The lowest BCUT2D eigenvalue weighted by Crippen LogP contribution is -1.99. The smallest absolute Gasteiger partial charge is 0.00886 e. The van der Waals surface area contributed by atoms with Gasteiger partial charge in [-0.1, -0.05) is 111 Å². The molecular weight excluding hydrogens is 288 g/mol. The first-order chi connectivity index (χ1) is 11.8. The summed E-state index contributed by atoms with van der Waals surface area (Å²) in [5, 5.41) is 0. The second-order valence-electron chi connectivity index (χ2n) is 7.59. The summed E-state index contributed by atoms with van der Waals surface area (Å²) in [7, 11) is 0. The van der Waals surface area contributed by atoms with Gasteiger partial charge in [0.15, 0.2) is 0 Å². The molecule has 0 aromatic carbocycles. The van der Waals surface area contributed by atoms with Gasteiger partial charge in [0.1, 0.15) is 0 Å². The third-order valence-corrected chi connectivity index (χ3v) is 5.24. The van der Waals surface area contributed by atoms with Gasteiger partial charge in [-0.2, -0.15) is 0 Å². The molecule has 0 rings (SSSR count). The molecule has 0 N–H and O–H groups in total. The Morgan fingerprint density at radius 3 is 1.46 bits per heavy atom. The zero-order valence-electron chi connectivity index (χ0n) is 17.3. The SMILES string of the molecule is CCCCCCCCCC#CCCCCC(CC)CCCCCC. The molecule has 0 heterocycles. The van der Waals surface area contributed by atoms with Gasteiger partial charge >= 0.3 is 0 Å². The number of unbranched alkanes of at least 4 members (excludes halogenated alkanes) is 12. The average Bonchev–Trinajstić information content (AvgIpc) is 2.60. The third kappa shape index (κ3) is 17.9. The van der Waals surface area contributed by atoms with E-state index >= 15 is 0 Å². The highest BCUT2D eigenvalue weighted by Gasteiger charge is 2.05. The fraction of sp³-hybridized carbons (Fsp3) is 0.917. The lowest BCUT2D eigenvalue weighted by atomic mass is 9.92. The van der Waals surface area contributed by atoms with E-state index in [1.807, 2.05) is 0 Å². The van der Waals surface area contributed by atoms with E-state index in [1.54, 1.807) is 0 Å². The van der Waals surface area contributed by atoms with Gasteiger partial charge in [-0.15, -0.1) is 11.8 Å². The highest BCUT2D eigenvalue weighted by Crippen LogP contribution is 2.20. The first-order valence-corrected chi connectivity index (χ1v) is 11.3. The molecule has 0 radical (unpaired) electrons. The zero-order chi connectivity index (χ0) is 17.7. The minimum atomic E-state index is 0.975. The zero-order valence-corrected chi connectivity index (χ0v) is 17.3. The molecule has 1 unspecified atom stereocenters. The van der Waals surface area contributed by atoms with Gasteiger partial charge in [0.25, 0.3) is 0 Å². The van der Waals surface area contributed by atoms with Gasteiger partial charge in [0.2, 0.25) is 0 Å². The molecule has 24 heavy (non-hydrogen) atoms. The van der Waals surface area contributed by atoms with Crippen molar-refractivity contribution in [2.75, 3.05) is 0 Å². The summed E-state index contributed by atoms with van der Waals surface area (Å²) in [5.74, 6) is 7.76. The van der Waals surface area contributed by atoms with Crippen LogP contribution in [-0.2, 0) is 0 Å². The van der Waals surface area contributed by atoms with Crippen molar-refractivity contribution in [3.05, 3.63) is 0 Å². The molecule has 0 heteroatoms. The van der Waals surface area contributed by atoms with Crippen LogP contribution in [0.25, 0.3) is 0 Å². The van der Waals surface area contributed by atoms with Gasteiger partial charge < -0.3 is 0 Å². The largest absolute Gasteiger partial charge is 0.103 e. The molecule has 0 aliphatic heterocycles. The van der Waals surface area contributed by atoms with Gasteiger partial charge in [-0.05, 0) is 18.8 Å². The van der Waals surface area contributed by atoms with E-state index in [0.717, 1.165) is 18.8 Å². The van der Waals surface area contributed by atoms with E-state index < -0.39 is 0 Å². The maximum Gasteiger partial charge on any atom is 0.00886 e. The van der Waals surface area contributed by atoms with Crippen molar-refractivity contribution < 1.29 is 0 Å². The van der Waals surface area contributed by atoms with Gasteiger partial charge in [0, 0.05) is 12.8 Å². The Hall–Kier alpha value is -0.440. The first kappa shape index (κ1) is 23.6. The monoisotopic (exact) mass is 334 g/mol. The van der Waals surface area contributed by atoms with Crippen LogP contribution in [0.2, 0.25) is 0 Å². The lowest BCUT2D eigenvalue weighted by molar-refractivity contribution is 0.399. The fourth-order valence-electron chi connectivity index (χ4n) is 3.41. The Bertz CT molecular complexity index is 280. The van der Waals surface area contributed by atoms with E-state index in [9.17, 15) is 0 Å². The Morgan fingerprint density at radius 1 is 0.500 bits per heavy atom. The summed E-state index contributed by atoms with van der Waals surface area (Å²) < 4.78 is 0. The Balaban J connectivity index is 3.36. The Labute approximate surface area is 154 Å². The number of rotatable bonds is 17. The second kappa shape index (κ2) is 20.6. The Kier molecular flexibility index (Phi) is 20.2. The normalized spacial score (nSPS) is 12.0. The Morgan fingerprint density at radius 2 is 0.917 bits per heavy atom. The predicted octanol–water partition coefficient (Wildman–Crippen LogP) is 8.69. The summed E-state index contributed by atoms with van der Waals surface area (Å²) in [6.07, 6.45) is 24.6. The van der Waals surface area contributed by atoms with Crippen LogP contribution < -0.4 is 0 Å².